The van der Waals surface area contributed by atoms with Crippen molar-refractivity contribution in [2.45, 2.75) is 0 Å². The number of nitrogens with zero attached hydrogens (tertiary/aromatic N) is 1. The molecule has 148 valence electrons. The number of hydrogen-bond acceptors (Lipinski definition) is 5. The average molecular weight is 398 g/mol. The first-order valence-electron chi connectivity index (χ1n) is 9.23. The lowest BCUT2D eigenvalue weighted by Crippen LogP contribution is -2.12. The van der Waals surface area contributed by atoms with Crippen molar-refractivity contribution in [3.05, 3.63) is 90.1 Å². The summed E-state index contributed by atoms with van der Waals surface area (Å²) in [6.07, 6.45) is 1.63. The molecule has 1 aromatic heterocycles. The highest BCUT2D eigenvalue weighted by Gasteiger charge is 2.11. The van der Waals surface area contributed by atoms with Crippen LogP contribution in [0.1, 0.15) is 20.7 Å². The molecule has 2 N–H and O–H groups in total. The molecule has 0 unspecified atom stereocenters. The number of esters is 1. The zero-order chi connectivity index (χ0) is 21.1. The number of carbonyl (C=O) groups is 2. The van der Waals surface area contributed by atoms with Gasteiger partial charge >= 0.3 is 5.97 Å². The number of nitrogens with one attached hydrogen (secondary N) is 1. The summed E-state index contributed by atoms with van der Waals surface area (Å²) in [5, 5.41) is 13.9. The topological polar surface area (TPSA) is 88.5 Å². The molecule has 0 spiro atoms. The standard InChI is InChI=1S/C24H18N2O4/c1-30-24(29)15-7-9-20(10-8-15)26-23(28)18-5-2-4-16(12-18)19-13-17-6-3-11-25-22(17)21(27)14-19/h2-14,27H,1H3,(H,26,28). The molecule has 3 aromatic carbocycles. The Labute approximate surface area is 172 Å². The summed E-state index contributed by atoms with van der Waals surface area (Å²) in [6.45, 7) is 0. The van der Waals surface area contributed by atoms with E-state index in [1.807, 2.05) is 18.2 Å². The van der Waals surface area contributed by atoms with E-state index in [9.17, 15) is 14.7 Å². The van der Waals surface area contributed by atoms with E-state index in [1.54, 1.807) is 60.8 Å². The molecule has 6 heteroatoms. The predicted molar refractivity (Wildman–Crippen MR) is 115 cm³/mol. The molecule has 30 heavy (non-hydrogen) atoms. The summed E-state index contributed by atoms with van der Waals surface area (Å²) in [6, 6.07) is 20.8. The molecule has 6 nitrogen and oxygen atoms in total. The Bertz CT molecular complexity index is 1250. The summed E-state index contributed by atoms with van der Waals surface area (Å²) in [4.78, 5) is 28.4. The fourth-order valence-corrected chi connectivity index (χ4v) is 3.19. The van der Waals surface area contributed by atoms with Crippen molar-refractivity contribution >= 4 is 28.5 Å². The van der Waals surface area contributed by atoms with Crippen LogP contribution in [0, 0.1) is 0 Å². The van der Waals surface area contributed by atoms with E-state index in [0.717, 1.165) is 16.5 Å². The van der Waals surface area contributed by atoms with Crippen molar-refractivity contribution in [2.24, 2.45) is 0 Å². The summed E-state index contributed by atoms with van der Waals surface area (Å²) in [5.74, 6) is -0.632. The smallest absolute Gasteiger partial charge is 0.337 e. The van der Waals surface area contributed by atoms with Crippen LogP contribution in [-0.4, -0.2) is 29.1 Å². The van der Waals surface area contributed by atoms with Crippen LogP contribution < -0.4 is 5.32 Å². The number of ether oxygens (including phenoxy) is 1. The summed E-state index contributed by atoms with van der Waals surface area (Å²) >= 11 is 0. The highest BCUT2D eigenvalue weighted by Crippen LogP contribution is 2.31. The number of amides is 1. The van der Waals surface area contributed by atoms with Gasteiger partial charge in [-0.2, -0.15) is 0 Å². The molecule has 0 saturated heterocycles. The first-order valence-corrected chi connectivity index (χ1v) is 9.23. The molecule has 4 rings (SSSR count). The Hall–Kier alpha value is -4.19. The number of carbonyl (C=O) groups excluding carboxylic acids is 2. The zero-order valence-electron chi connectivity index (χ0n) is 16.1. The number of rotatable bonds is 4. The number of methoxy groups -OCH3 is 1. The Kier molecular flexibility index (Phi) is 5.13. The summed E-state index contributed by atoms with van der Waals surface area (Å²) in [5.41, 5.74) is 3.55. The fraction of sp³-hybridized carbons (Fsp3) is 0.0417. The lowest BCUT2D eigenvalue weighted by atomic mass is 10.0. The maximum Gasteiger partial charge on any atom is 0.337 e. The highest BCUT2D eigenvalue weighted by atomic mass is 16.5. The molecule has 0 aliphatic heterocycles. The average Bonchev–Trinajstić information content (AvgIpc) is 2.79. The van der Waals surface area contributed by atoms with E-state index >= 15 is 0 Å². The van der Waals surface area contributed by atoms with Crippen LogP contribution in [0.25, 0.3) is 22.0 Å². The summed E-state index contributed by atoms with van der Waals surface area (Å²) in [7, 11) is 1.32. The Morgan fingerprint density at radius 1 is 0.900 bits per heavy atom. The van der Waals surface area contributed by atoms with E-state index in [4.69, 9.17) is 0 Å². The molecule has 0 radical (unpaired) electrons. The van der Waals surface area contributed by atoms with Gasteiger partial charge in [-0.05, 0) is 65.7 Å². The van der Waals surface area contributed by atoms with E-state index < -0.39 is 5.97 Å². The predicted octanol–water partition coefficient (Wildman–Crippen LogP) is 4.65. The Morgan fingerprint density at radius 2 is 1.70 bits per heavy atom. The van der Waals surface area contributed by atoms with Crippen LogP contribution in [0.5, 0.6) is 5.75 Å². The van der Waals surface area contributed by atoms with Crippen molar-refractivity contribution in [1.82, 2.24) is 4.98 Å². The quantitative estimate of drug-likeness (QED) is 0.489. The van der Waals surface area contributed by atoms with Gasteiger partial charge < -0.3 is 15.2 Å². The first kappa shape index (κ1) is 19.1. The second-order valence-electron chi connectivity index (χ2n) is 6.67. The Morgan fingerprint density at radius 3 is 2.47 bits per heavy atom. The van der Waals surface area contributed by atoms with Crippen LogP contribution >= 0.6 is 0 Å². The molecule has 0 bridgehead atoms. The number of fused-ring (bicyclic) bond motifs is 1. The highest BCUT2D eigenvalue weighted by molar-refractivity contribution is 6.05. The van der Waals surface area contributed by atoms with Crippen molar-refractivity contribution in [3.8, 4) is 16.9 Å². The molecule has 0 saturated carbocycles. The minimum atomic E-state index is -0.436. The molecule has 0 atom stereocenters. The maximum atomic E-state index is 12.7. The number of anilines is 1. The lowest BCUT2D eigenvalue weighted by Gasteiger charge is -2.09. The fourth-order valence-electron chi connectivity index (χ4n) is 3.19. The minimum Gasteiger partial charge on any atom is -0.506 e. The monoisotopic (exact) mass is 398 g/mol. The minimum absolute atomic E-state index is 0.0867. The Balaban J connectivity index is 1.59. The van der Waals surface area contributed by atoms with Crippen LogP contribution in [-0.2, 0) is 4.74 Å². The maximum absolute atomic E-state index is 12.7. The van der Waals surface area contributed by atoms with E-state index in [2.05, 4.69) is 15.0 Å². The van der Waals surface area contributed by atoms with Gasteiger partial charge in [-0.1, -0.05) is 18.2 Å². The van der Waals surface area contributed by atoms with Crippen molar-refractivity contribution in [3.63, 3.8) is 0 Å². The van der Waals surface area contributed by atoms with Crippen LogP contribution in [0.2, 0.25) is 0 Å². The third-order valence-corrected chi connectivity index (χ3v) is 4.71. The second-order valence-corrected chi connectivity index (χ2v) is 6.67. The van der Waals surface area contributed by atoms with Gasteiger partial charge in [-0.15, -0.1) is 0 Å². The van der Waals surface area contributed by atoms with Crippen molar-refractivity contribution in [2.75, 3.05) is 12.4 Å². The molecular weight excluding hydrogens is 380 g/mol. The van der Waals surface area contributed by atoms with E-state index in [-0.39, 0.29) is 11.7 Å². The van der Waals surface area contributed by atoms with Crippen LogP contribution in [0.4, 0.5) is 5.69 Å². The van der Waals surface area contributed by atoms with Gasteiger partial charge in [0.2, 0.25) is 0 Å². The number of aromatic nitrogens is 1. The second kappa shape index (κ2) is 8.05. The van der Waals surface area contributed by atoms with E-state index in [1.165, 1.54) is 7.11 Å². The molecule has 1 amide bonds. The third-order valence-electron chi connectivity index (χ3n) is 4.71. The third kappa shape index (κ3) is 3.84. The molecular formula is C24H18N2O4. The number of phenols is 1. The van der Waals surface area contributed by atoms with Crippen molar-refractivity contribution < 1.29 is 19.4 Å². The number of aromatic hydroxyl groups is 1. The number of hydrogen-bond donors (Lipinski definition) is 2. The van der Waals surface area contributed by atoms with Gasteiger partial charge in [0.15, 0.2) is 0 Å². The lowest BCUT2D eigenvalue weighted by molar-refractivity contribution is 0.0600. The van der Waals surface area contributed by atoms with Gasteiger partial charge in [0, 0.05) is 22.8 Å². The number of pyridine rings is 1. The molecule has 0 aliphatic carbocycles. The molecule has 4 aromatic rings. The largest absolute Gasteiger partial charge is 0.506 e. The van der Waals surface area contributed by atoms with Crippen LogP contribution in [0.15, 0.2) is 79.0 Å². The SMILES string of the molecule is COC(=O)c1ccc(NC(=O)c2cccc(-c3cc(O)c4ncccc4c3)c2)cc1. The van der Waals surface area contributed by atoms with Gasteiger partial charge in [-0.3, -0.25) is 9.78 Å². The van der Waals surface area contributed by atoms with Gasteiger partial charge in [0.1, 0.15) is 11.3 Å². The van der Waals surface area contributed by atoms with Gasteiger partial charge in [0.25, 0.3) is 5.91 Å². The van der Waals surface area contributed by atoms with E-state index in [0.29, 0.717) is 22.3 Å². The summed E-state index contributed by atoms with van der Waals surface area (Å²) < 4.78 is 4.67. The zero-order valence-corrected chi connectivity index (χ0v) is 16.1. The normalized spacial score (nSPS) is 10.6. The number of benzene rings is 3. The van der Waals surface area contributed by atoms with Gasteiger partial charge in [0.05, 0.1) is 12.7 Å². The number of phenolic OH excluding ortho intramolecular Hbond substituents is 1. The van der Waals surface area contributed by atoms with Crippen molar-refractivity contribution in [1.29, 1.82) is 0 Å². The van der Waals surface area contributed by atoms with Crippen LogP contribution in [0.3, 0.4) is 0 Å². The van der Waals surface area contributed by atoms with Gasteiger partial charge in [-0.25, -0.2) is 4.79 Å². The molecule has 0 fully saturated rings. The first-order chi connectivity index (χ1) is 14.5. The molecule has 0 aliphatic rings. The molecule has 1 heterocycles.